The van der Waals surface area contributed by atoms with Crippen molar-refractivity contribution in [2.75, 3.05) is 13.2 Å². The van der Waals surface area contributed by atoms with Gasteiger partial charge in [0.15, 0.2) is 6.61 Å². The van der Waals surface area contributed by atoms with E-state index in [0.717, 1.165) is 17.5 Å². The summed E-state index contributed by atoms with van der Waals surface area (Å²) in [5.74, 6) is 0.729. The predicted molar refractivity (Wildman–Crippen MR) is 135 cm³/mol. The second-order valence-corrected chi connectivity index (χ2v) is 8.79. The van der Waals surface area contributed by atoms with Gasteiger partial charge in [0.2, 0.25) is 5.91 Å². The Morgan fingerprint density at radius 1 is 0.824 bits per heavy atom. The van der Waals surface area contributed by atoms with Crippen molar-refractivity contribution >= 4 is 11.8 Å². The van der Waals surface area contributed by atoms with Crippen LogP contribution in [0.3, 0.4) is 0 Å². The van der Waals surface area contributed by atoms with Crippen LogP contribution in [-0.2, 0) is 22.6 Å². The number of nitrogens with one attached hydrogen (secondary N) is 1. The number of hydrogen-bond donors (Lipinski definition) is 1. The summed E-state index contributed by atoms with van der Waals surface area (Å²) in [5.41, 5.74) is 1.96. The van der Waals surface area contributed by atoms with Crippen LogP contribution in [0.25, 0.3) is 0 Å². The molecular weight excluding hydrogens is 424 g/mol. The zero-order valence-corrected chi connectivity index (χ0v) is 20.0. The van der Waals surface area contributed by atoms with E-state index in [1.165, 1.54) is 0 Å². The molecule has 3 aromatic carbocycles. The Labute approximate surface area is 202 Å². The first-order chi connectivity index (χ1) is 16.5. The van der Waals surface area contributed by atoms with Crippen molar-refractivity contribution in [3.63, 3.8) is 0 Å². The Hall–Kier alpha value is -3.60. The maximum Gasteiger partial charge on any atom is 0.261 e. The molecule has 34 heavy (non-hydrogen) atoms. The molecule has 0 spiro atoms. The van der Waals surface area contributed by atoms with Crippen molar-refractivity contribution in [2.24, 2.45) is 5.92 Å². The first-order valence-corrected chi connectivity index (χ1v) is 11.9. The average Bonchev–Trinajstić information content (AvgIpc) is 2.86. The fourth-order valence-corrected chi connectivity index (χ4v) is 3.68. The number of ether oxygens (including phenoxy) is 1. The van der Waals surface area contributed by atoms with Crippen molar-refractivity contribution in [2.45, 2.75) is 39.3 Å². The average molecular weight is 459 g/mol. The van der Waals surface area contributed by atoms with Crippen molar-refractivity contribution in [3.05, 3.63) is 102 Å². The molecule has 3 rings (SSSR count). The molecule has 2 amide bonds. The highest BCUT2D eigenvalue weighted by Crippen LogP contribution is 2.16. The fourth-order valence-electron chi connectivity index (χ4n) is 3.68. The van der Waals surface area contributed by atoms with Crippen molar-refractivity contribution in [1.82, 2.24) is 10.2 Å². The van der Waals surface area contributed by atoms with Crippen LogP contribution in [0.5, 0.6) is 5.75 Å². The highest BCUT2D eigenvalue weighted by Gasteiger charge is 2.30. The highest BCUT2D eigenvalue weighted by atomic mass is 16.5. The number of benzene rings is 3. The minimum Gasteiger partial charge on any atom is -0.484 e. The van der Waals surface area contributed by atoms with Crippen LogP contribution in [-0.4, -0.2) is 35.9 Å². The van der Waals surface area contributed by atoms with Gasteiger partial charge in [0.05, 0.1) is 0 Å². The lowest BCUT2D eigenvalue weighted by atomic mass is 10.0. The summed E-state index contributed by atoms with van der Waals surface area (Å²) >= 11 is 0. The van der Waals surface area contributed by atoms with E-state index in [9.17, 15) is 9.59 Å². The summed E-state index contributed by atoms with van der Waals surface area (Å²) < 4.78 is 5.76. The molecule has 5 heteroatoms. The van der Waals surface area contributed by atoms with Gasteiger partial charge in [0.1, 0.15) is 11.8 Å². The van der Waals surface area contributed by atoms with Crippen molar-refractivity contribution < 1.29 is 14.3 Å². The fraction of sp³-hybridized carbons (Fsp3) is 0.310. The summed E-state index contributed by atoms with van der Waals surface area (Å²) in [6.07, 6.45) is 1.31. The lowest BCUT2D eigenvalue weighted by Crippen LogP contribution is -2.52. The number of para-hydroxylation sites is 1. The Kier molecular flexibility index (Phi) is 9.71. The van der Waals surface area contributed by atoms with E-state index in [4.69, 9.17) is 4.74 Å². The predicted octanol–water partition coefficient (Wildman–Crippen LogP) is 4.87. The minimum atomic E-state index is -0.651. The zero-order valence-electron chi connectivity index (χ0n) is 20.0. The van der Waals surface area contributed by atoms with Gasteiger partial charge in [-0.25, -0.2) is 0 Å². The standard InChI is InChI=1S/C29H34N2O3/c1-23(2)18-19-30-29(33)27(20-24-12-6-3-7-13-24)31(21-25-14-8-4-9-15-25)28(32)22-34-26-16-10-5-11-17-26/h3-17,23,27H,18-22H2,1-2H3,(H,30,33)/t27-/m1/s1. The highest BCUT2D eigenvalue weighted by molar-refractivity contribution is 5.88. The van der Waals surface area contributed by atoms with Gasteiger partial charge in [0, 0.05) is 19.5 Å². The first-order valence-electron chi connectivity index (χ1n) is 11.9. The first kappa shape index (κ1) is 25.0. The van der Waals surface area contributed by atoms with Gasteiger partial charge in [-0.15, -0.1) is 0 Å². The number of carbonyl (C=O) groups excluding carboxylic acids is 2. The lowest BCUT2D eigenvalue weighted by molar-refractivity contribution is -0.142. The van der Waals surface area contributed by atoms with Crippen LogP contribution >= 0.6 is 0 Å². The molecule has 3 aromatic rings. The van der Waals surface area contributed by atoms with E-state index < -0.39 is 6.04 Å². The smallest absolute Gasteiger partial charge is 0.261 e. The summed E-state index contributed by atoms with van der Waals surface area (Å²) in [4.78, 5) is 28.5. The monoisotopic (exact) mass is 458 g/mol. The summed E-state index contributed by atoms with van der Waals surface area (Å²) in [6.45, 7) is 5.02. The third-order valence-electron chi connectivity index (χ3n) is 5.59. The molecule has 178 valence electrons. The molecule has 0 saturated heterocycles. The van der Waals surface area contributed by atoms with Gasteiger partial charge in [-0.05, 0) is 35.6 Å². The molecule has 0 unspecified atom stereocenters. The molecule has 0 aromatic heterocycles. The van der Waals surface area contributed by atoms with Crippen molar-refractivity contribution in [3.8, 4) is 5.75 Å². The molecular formula is C29H34N2O3. The third kappa shape index (κ3) is 8.07. The van der Waals surface area contributed by atoms with Crippen LogP contribution in [0.1, 0.15) is 31.4 Å². The molecule has 0 fully saturated rings. The van der Waals surface area contributed by atoms with Crippen LogP contribution in [0.4, 0.5) is 0 Å². The molecule has 0 aliphatic carbocycles. The maximum absolute atomic E-state index is 13.5. The number of rotatable bonds is 12. The second kappa shape index (κ2) is 13.2. The summed E-state index contributed by atoms with van der Waals surface area (Å²) in [6, 6.07) is 28.2. The van der Waals surface area contributed by atoms with Gasteiger partial charge < -0.3 is 15.0 Å². The van der Waals surface area contributed by atoms with Crippen LogP contribution in [0.2, 0.25) is 0 Å². The molecule has 1 N–H and O–H groups in total. The number of carbonyl (C=O) groups is 2. The SMILES string of the molecule is CC(C)CCNC(=O)[C@@H](Cc1ccccc1)N(Cc1ccccc1)C(=O)COc1ccccc1. The molecule has 0 aliphatic heterocycles. The Morgan fingerprint density at radius 3 is 1.97 bits per heavy atom. The van der Waals surface area contributed by atoms with E-state index in [1.807, 2.05) is 91.0 Å². The quantitative estimate of drug-likeness (QED) is 0.421. The Bertz CT molecular complexity index is 1010. The largest absolute Gasteiger partial charge is 0.484 e. The molecule has 0 bridgehead atoms. The van der Waals surface area contributed by atoms with E-state index in [1.54, 1.807) is 4.90 Å². The van der Waals surface area contributed by atoms with Crippen LogP contribution < -0.4 is 10.1 Å². The Balaban J connectivity index is 1.84. The normalized spacial score (nSPS) is 11.6. The molecule has 0 radical (unpaired) electrons. The summed E-state index contributed by atoms with van der Waals surface area (Å²) in [5, 5.41) is 3.06. The minimum absolute atomic E-state index is 0.137. The summed E-state index contributed by atoms with van der Waals surface area (Å²) in [7, 11) is 0. The van der Waals surface area contributed by atoms with Crippen LogP contribution in [0, 0.1) is 5.92 Å². The van der Waals surface area contributed by atoms with E-state index >= 15 is 0 Å². The van der Waals surface area contributed by atoms with Gasteiger partial charge in [-0.3, -0.25) is 9.59 Å². The van der Waals surface area contributed by atoms with Crippen LogP contribution in [0.15, 0.2) is 91.0 Å². The van der Waals surface area contributed by atoms with Crippen molar-refractivity contribution in [1.29, 1.82) is 0 Å². The number of hydrogen-bond acceptors (Lipinski definition) is 3. The van der Waals surface area contributed by atoms with E-state index in [-0.39, 0.29) is 18.4 Å². The van der Waals surface area contributed by atoms with E-state index in [0.29, 0.717) is 31.2 Å². The second-order valence-electron chi connectivity index (χ2n) is 8.79. The molecule has 5 nitrogen and oxygen atoms in total. The number of nitrogens with zero attached hydrogens (tertiary/aromatic N) is 1. The maximum atomic E-state index is 13.5. The van der Waals surface area contributed by atoms with Gasteiger partial charge in [0.25, 0.3) is 5.91 Å². The zero-order chi connectivity index (χ0) is 24.2. The van der Waals surface area contributed by atoms with E-state index in [2.05, 4.69) is 19.2 Å². The molecule has 0 saturated carbocycles. The van der Waals surface area contributed by atoms with Gasteiger partial charge in [-0.1, -0.05) is 92.7 Å². The molecule has 1 atom stereocenters. The number of amides is 2. The Morgan fingerprint density at radius 2 is 1.38 bits per heavy atom. The topological polar surface area (TPSA) is 58.6 Å². The molecule has 0 heterocycles. The van der Waals surface area contributed by atoms with Gasteiger partial charge >= 0.3 is 0 Å². The molecule has 0 aliphatic rings. The van der Waals surface area contributed by atoms with Gasteiger partial charge in [-0.2, -0.15) is 0 Å². The lowest BCUT2D eigenvalue weighted by Gasteiger charge is -2.31. The third-order valence-corrected chi connectivity index (χ3v) is 5.59.